The summed E-state index contributed by atoms with van der Waals surface area (Å²) in [5.41, 5.74) is 0. The summed E-state index contributed by atoms with van der Waals surface area (Å²) < 4.78 is 0. The fourth-order valence-electron chi connectivity index (χ4n) is 1.60. The lowest BCUT2D eigenvalue weighted by molar-refractivity contribution is 0.349. The van der Waals surface area contributed by atoms with E-state index in [9.17, 15) is 0 Å². The van der Waals surface area contributed by atoms with Gasteiger partial charge in [0.1, 0.15) is 0 Å². The first-order chi connectivity index (χ1) is 6.35. The third kappa shape index (κ3) is 12.0. The molecule has 82 valence electrons. The van der Waals surface area contributed by atoms with Crippen molar-refractivity contribution in [2.24, 2.45) is 5.92 Å². The predicted molar refractivity (Wildman–Crippen MR) is 64.2 cm³/mol. The summed E-state index contributed by atoms with van der Waals surface area (Å²) in [6.45, 7) is 10.6. The third-order valence-corrected chi connectivity index (χ3v) is 2.30. The monoisotopic (exact) mass is 186 g/mol. The molecule has 0 nitrogen and oxygen atoms in total. The van der Waals surface area contributed by atoms with Gasteiger partial charge in [-0.05, 0) is 5.92 Å². The minimum absolute atomic E-state index is 1.09. The zero-order valence-corrected chi connectivity index (χ0v) is 10.5. The Hall–Kier alpha value is 0. The van der Waals surface area contributed by atoms with E-state index in [0.29, 0.717) is 0 Å². The molecular formula is C13H30. The summed E-state index contributed by atoms with van der Waals surface area (Å²) in [7, 11) is 0. The molecule has 1 saturated carbocycles. The zero-order chi connectivity index (χ0) is 10.5. The lowest BCUT2D eigenvalue weighted by Crippen LogP contribution is -2.03. The first-order valence-corrected chi connectivity index (χ1v) is 6.35. The van der Waals surface area contributed by atoms with Crippen LogP contribution in [0, 0.1) is 5.92 Å². The van der Waals surface area contributed by atoms with E-state index in [1.54, 1.807) is 0 Å². The lowest BCUT2D eigenvalue weighted by Gasteiger charge is -2.18. The van der Waals surface area contributed by atoms with Gasteiger partial charge in [-0.2, -0.15) is 0 Å². The Labute approximate surface area is 86.1 Å². The highest BCUT2D eigenvalue weighted by atomic mass is 14.2. The van der Waals surface area contributed by atoms with Gasteiger partial charge >= 0.3 is 0 Å². The van der Waals surface area contributed by atoms with E-state index in [-0.39, 0.29) is 0 Å². The number of hydrogen-bond acceptors (Lipinski definition) is 0. The molecule has 0 unspecified atom stereocenters. The molecule has 0 aliphatic heterocycles. The maximum atomic E-state index is 2.32. The molecule has 0 radical (unpaired) electrons. The van der Waals surface area contributed by atoms with Crippen LogP contribution in [-0.4, -0.2) is 0 Å². The lowest BCUT2D eigenvalue weighted by atomic mass is 9.88. The van der Waals surface area contributed by atoms with E-state index in [1.165, 1.54) is 44.9 Å². The molecule has 0 heteroatoms. The first-order valence-electron chi connectivity index (χ1n) is 6.35. The van der Waals surface area contributed by atoms with Crippen LogP contribution in [0.1, 0.15) is 79.6 Å². The van der Waals surface area contributed by atoms with Gasteiger partial charge in [-0.3, -0.25) is 0 Å². The Kier molecular flexibility index (Phi) is 17.3. The second-order valence-corrected chi connectivity index (χ2v) is 3.62. The Morgan fingerprint density at radius 2 is 1.23 bits per heavy atom. The highest BCUT2D eigenvalue weighted by Crippen LogP contribution is 2.25. The summed E-state index contributed by atoms with van der Waals surface area (Å²) in [6, 6.07) is 0. The maximum Gasteiger partial charge on any atom is -0.0417 e. The molecule has 1 aliphatic carbocycles. The molecular weight excluding hydrogens is 156 g/mol. The van der Waals surface area contributed by atoms with Crippen molar-refractivity contribution in [2.75, 3.05) is 0 Å². The number of hydrogen-bond donors (Lipinski definition) is 0. The summed E-state index contributed by atoms with van der Waals surface area (Å²) in [4.78, 5) is 0. The van der Waals surface area contributed by atoms with Crippen LogP contribution < -0.4 is 0 Å². The smallest absolute Gasteiger partial charge is 0.0417 e. The molecule has 1 aliphatic rings. The van der Waals surface area contributed by atoms with Crippen LogP contribution in [-0.2, 0) is 0 Å². The van der Waals surface area contributed by atoms with Crippen LogP contribution in [0.5, 0.6) is 0 Å². The molecule has 0 spiro atoms. The Morgan fingerprint density at radius 1 is 0.846 bits per heavy atom. The molecule has 1 fully saturated rings. The van der Waals surface area contributed by atoms with Gasteiger partial charge in [0.15, 0.2) is 0 Å². The fraction of sp³-hybridized carbons (Fsp3) is 1.00. The molecule has 1 rings (SSSR count). The Bertz CT molecular complexity index is 60.4. The molecule has 0 aromatic rings. The second-order valence-electron chi connectivity index (χ2n) is 3.62. The van der Waals surface area contributed by atoms with E-state index in [1.807, 2.05) is 13.8 Å². The molecule has 0 aromatic heterocycles. The molecule has 0 atom stereocenters. The second kappa shape index (κ2) is 14.5. The highest BCUT2D eigenvalue weighted by molar-refractivity contribution is 4.63. The molecule has 0 N–H and O–H groups in total. The normalized spacial score (nSPS) is 16.4. The first kappa shape index (κ1) is 15.5. The van der Waals surface area contributed by atoms with E-state index in [4.69, 9.17) is 0 Å². The fourth-order valence-corrected chi connectivity index (χ4v) is 1.60. The van der Waals surface area contributed by atoms with Crippen molar-refractivity contribution in [2.45, 2.75) is 79.6 Å². The predicted octanol–water partition coefficient (Wildman–Crippen LogP) is 5.42. The minimum Gasteiger partial charge on any atom is -0.0683 e. The van der Waals surface area contributed by atoms with E-state index in [2.05, 4.69) is 20.8 Å². The largest absolute Gasteiger partial charge is 0.0683 e. The van der Waals surface area contributed by atoms with Crippen molar-refractivity contribution in [3.63, 3.8) is 0 Å². The van der Waals surface area contributed by atoms with E-state index in [0.717, 1.165) is 5.92 Å². The average molecular weight is 186 g/mol. The quantitative estimate of drug-likeness (QED) is 0.513. The van der Waals surface area contributed by atoms with Crippen LogP contribution in [0.15, 0.2) is 0 Å². The van der Waals surface area contributed by atoms with Crippen molar-refractivity contribution in [1.29, 1.82) is 0 Å². The van der Waals surface area contributed by atoms with Gasteiger partial charge in [0.05, 0.1) is 0 Å². The molecule has 0 saturated heterocycles. The van der Waals surface area contributed by atoms with Gasteiger partial charge in [0.2, 0.25) is 0 Å². The SMILES string of the molecule is CC.CCC.CCC1CCCCC1. The maximum absolute atomic E-state index is 2.32. The van der Waals surface area contributed by atoms with E-state index < -0.39 is 0 Å². The molecule has 0 bridgehead atoms. The summed E-state index contributed by atoms with van der Waals surface area (Å²) in [6.07, 6.45) is 10.2. The van der Waals surface area contributed by atoms with Crippen molar-refractivity contribution in [3.05, 3.63) is 0 Å². The topological polar surface area (TPSA) is 0 Å². The van der Waals surface area contributed by atoms with Crippen molar-refractivity contribution < 1.29 is 0 Å². The van der Waals surface area contributed by atoms with Crippen molar-refractivity contribution >= 4 is 0 Å². The van der Waals surface area contributed by atoms with Crippen LogP contribution in [0.25, 0.3) is 0 Å². The summed E-state index contributed by atoms with van der Waals surface area (Å²) in [5, 5.41) is 0. The van der Waals surface area contributed by atoms with Crippen molar-refractivity contribution in [1.82, 2.24) is 0 Å². The van der Waals surface area contributed by atoms with Crippen LogP contribution >= 0.6 is 0 Å². The van der Waals surface area contributed by atoms with Gasteiger partial charge in [-0.25, -0.2) is 0 Å². The number of rotatable bonds is 1. The molecule has 0 amide bonds. The zero-order valence-electron chi connectivity index (χ0n) is 10.5. The van der Waals surface area contributed by atoms with Crippen LogP contribution in [0.2, 0.25) is 0 Å². The Balaban J connectivity index is 0. The minimum atomic E-state index is 1.09. The van der Waals surface area contributed by atoms with Crippen LogP contribution in [0.3, 0.4) is 0 Å². The standard InChI is InChI=1S/C8H16.C3H8.C2H6/c1-2-8-6-4-3-5-7-8;1-3-2;1-2/h8H,2-7H2,1H3;3H2,1-2H3;1-2H3. The van der Waals surface area contributed by atoms with Gasteiger partial charge in [-0.1, -0.05) is 79.6 Å². The van der Waals surface area contributed by atoms with Gasteiger partial charge in [-0.15, -0.1) is 0 Å². The molecule has 0 aromatic carbocycles. The van der Waals surface area contributed by atoms with Gasteiger partial charge in [0, 0.05) is 0 Å². The third-order valence-electron chi connectivity index (χ3n) is 2.30. The van der Waals surface area contributed by atoms with Gasteiger partial charge < -0.3 is 0 Å². The summed E-state index contributed by atoms with van der Waals surface area (Å²) >= 11 is 0. The molecule has 0 heterocycles. The average Bonchev–Trinajstić information content (AvgIpc) is 2.23. The van der Waals surface area contributed by atoms with E-state index >= 15 is 0 Å². The summed E-state index contributed by atoms with van der Waals surface area (Å²) in [5.74, 6) is 1.09. The van der Waals surface area contributed by atoms with Gasteiger partial charge in [0.25, 0.3) is 0 Å². The Morgan fingerprint density at radius 3 is 1.46 bits per heavy atom. The van der Waals surface area contributed by atoms with Crippen molar-refractivity contribution in [3.8, 4) is 0 Å². The van der Waals surface area contributed by atoms with Crippen LogP contribution in [0.4, 0.5) is 0 Å². The highest BCUT2D eigenvalue weighted by Gasteiger charge is 2.09. The molecule has 13 heavy (non-hydrogen) atoms.